The average molecular weight is 277 g/mol. The first-order valence-corrected chi connectivity index (χ1v) is 7.72. The zero-order chi connectivity index (χ0) is 14.1. The van der Waals surface area contributed by atoms with Crippen LogP contribution in [0, 0.1) is 23.6 Å². The van der Waals surface area contributed by atoms with Crippen LogP contribution >= 0.6 is 0 Å². The first kappa shape index (κ1) is 13.9. The van der Waals surface area contributed by atoms with E-state index in [1.165, 1.54) is 31.7 Å². The molecule has 0 saturated heterocycles. The van der Waals surface area contributed by atoms with Crippen LogP contribution in [0.1, 0.15) is 43.7 Å². The lowest BCUT2D eigenvalue weighted by Gasteiger charge is -2.27. The van der Waals surface area contributed by atoms with Gasteiger partial charge in [0.2, 0.25) is 0 Å². The van der Waals surface area contributed by atoms with Crippen molar-refractivity contribution in [2.75, 3.05) is 14.2 Å². The van der Waals surface area contributed by atoms with Crippen molar-refractivity contribution in [3.8, 4) is 5.75 Å². The zero-order valence-electron chi connectivity index (χ0n) is 12.4. The molecule has 2 aliphatic carbocycles. The lowest BCUT2D eigenvalue weighted by molar-refractivity contribution is 0.281. The second-order valence-electron chi connectivity index (χ2n) is 6.40. The lowest BCUT2D eigenvalue weighted by atomic mass is 9.82. The average Bonchev–Trinajstić information content (AvgIpc) is 3.07. The van der Waals surface area contributed by atoms with Crippen LogP contribution in [-0.2, 0) is 0 Å². The van der Waals surface area contributed by atoms with Gasteiger partial charge in [-0.25, -0.2) is 4.39 Å². The van der Waals surface area contributed by atoms with Crippen LogP contribution in [0.5, 0.6) is 5.75 Å². The number of benzene rings is 1. The highest BCUT2D eigenvalue weighted by atomic mass is 19.1. The van der Waals surface area contributed by atoms with Crippen LogP contribution in [0.2, 0.25) is 0 Å². The van der Waals surface area contributed by atoms with E-state index in [0.717, 1.165) is 29.7 Å². The minimum atomic E-state index is -0.160. The molecule has 2 bridgehead atoms. The largest absolute Gasteiger partial charge is 0.497 e. The Morgan fingerprint density at radius 2 is 2.20 bits per heavy atom. The van der Waals surface area contributed by atoms with Crippen molar-refractivity contribution in [3.63, 3.8) is 0 Å². The van der Waals surface area contributed by atoms with E-state index in [9.17, 15) is 4.39 Å². The van der Waals surface area contributed by atoms with Crippen molar-refractivity contribution in [2.24, 2.45) is 17.8 Å². The number of methoxy groups -OCH3 is 1. The molecular formula is C17H24FNO. The third-order valence-corrected chi connectivity index (χ3v) is 5.35. The molecule has 4 unspecified atom stereocenters. The molecule has 3 rings (SSSR count). The third kappa shape index (κ3) is 2.56. The Kier molecular flexibility index (Phi) is 3.97. The van der Waals surface area contributed by atoms with E-state index in [-0.39, 0.29) is 11.9 Å². The lowest BCUT2D eigenvalue weighted by Crippen LogP contribution is -2.23. The molecule has 0 spiro atoms. The Morgan fingerprint density at radius 1 is 1.35 bits per heavy atom. The summed E-state index contributed by atoms with van der Waals surface area (Å²) in [5, 5.41) is 3.30. The van der Waals surface area contributed by atoms with Gasteiger partial charge < -0.3 is 10.1 Å². The van der Waals surface area contributed by atoms with Gasteiger partial charge in [-0.2, -0.15) is 0 Å². The predicted molar refractivity (Wildman–Crippen MR) is 78.3 cm³/mol. The summed E-state index contributed by atoms with van der Waals surface area (Å²) in [4.78, 5) is 0. The van der Waals surface area contributed by atoms with Gasteiger partial charge in [0.15, 0.2) is 0 Å². The Hall–Kier alpha value is -1.09. The van der Waals surface area contributed by atoms with Gasteiger partial charge in [-0.1, -0.05) is 12.5 Å². The Balaban J connectivity index is 1.73. The normalized spacial score (nSPS) is 29.6. The molecule has 0 heterocycles. The van der Waals surface area contributed by atoms with Gasteiger partial charge in [0.25, 0.3) is 0 Å². The molecule has 0 aromatic heterocycles. The molecule has 1 N–H and O–H groups in total. The summed E-state index contributed by atoms with van der Waals surface area (Å²) in [5.74, 6) is 3.03. The molecule has 3 heteroatoms. The summed E-state index contributed by atoms with van der Waals surface area (Å²) in [7, 11) is 3.50. The fraction of sp³-hybridized carbons (Fsp3) is 0.647. The monoisotopic (exact) mass is 277 g/mol. The van der Waals surface area contributed by atoms with E-state index in [2.05, 4.69) is 5.32 Å². The summed E-state index contributed by atoms with van der Waals surface area (Å²) in [6.45, 7) is 0. The van der Waals surface area contributed by atoms with Crippen LogP contribution in [0.15, 0.2) is 18.2 Å². The summed E-state index contributed by atoms with van der Waals surface area (Å²) in [6.07, 6.45) is 6.62. The molecule has 2 saturated carbocycles. The van der Waals surface area contributed by atoms with Crippen LogP contribution < -0.4 is 10.1 Å². The van der Waals surface area contributed by atoms with Gasteiger partial charge in [-0.15, -0.1) is 0 Å². The number of ether oxygens (including phenoxy) is 1. The second-order valence-corrected chi connectivity index (χ2v) is 6.40. The maximum Gasteiger partial charge on any atom is 0.131 e. The van der Waals surface area contributed by atoms with Crippen molar-refractivity contribution in [1.29, 1.82) is 0 Å². The number of fused-ring (bicyclic) bond motifs is 2. The standard InChI is InChI=1S/C17H24FNO/c1-19-17(9-13-8-11-3-4-12(13)7-11)15-6-5-14(20-2)10-16(15)18/h5-6,10-13,17,19H,3-4,7-9H2,1-2H3. The van der Waals surface area contributed by atoms with Crippen molar-refractivity contribution < 1.29 is 9.13 Å². The minimum absolute atomic E-state index is 0.116. The maximum atomic E-state index is 14.2. The molecule has 4 atom stereocenters. The van der Waals surface area contributed by atoms with Gasteiger partial charge in [0.05, 0.1) is 7.11 Å². The molecule has 20 heavy (non-hydrogen) atoms. The Labute approximate surface area is 120 Å². The number of halogens is 1. The van der Waals surface area contributed by atoms with Crippen LogP contribution in [0.4, 0.5) is 4.39 Å². The molecule has 1 aromatic rings. The van der Waals surface area contributed by atoms with Gasteiger partial charge >= 0.3 is 0 Å². The van der Waals surface area contributed by atoms with E-state index < -0.39 is 0 Å². The van der Waals surface area contributed by atoms with E-state index in [1.807, 2.05) is 19.2 Å². The number of rotatable bonds is 5. The first-order chi connectivity index (χ1) is 9.71. The number of nitrogens with one attached hydrogen (secondary N) is 1. The molecule has 2 fully saturated rings. The van der Waals surface area contributed by atoms with Gasteiger partial charge in [0.1, 0.15) is 11.6 Å². The molecule has 2 aliphatic rings. The van der Waals surface area contributed by atoms with Gasteiger partial charge in [0, 0.05) is 17.7 Å². The van der Waals surface area contributed by atoms with Gasteiger partial charge in [-0.3, -0.25) is 0 Å². The van der Waals surface area contributed by atoms with Crippen molar-refractivity contribution in [1.82, 2.24) is 5.32 Å². The molecule has 2 nitrogen and oxygen atoms in total. The van der Waals surface area contributed by atoms with Crippen LogP contribution in [-0.4, -0.2) is 14.2 Å². The molecule has 0 amide bonds. The van der Waals surface area contributed by atoms with Crippen molar-refractivity contribution in [3.05, 3.63) is 29.6 Å². The number of hydrogen-bond acceptors (Lipinski definition) is 2. The SMILES string of the molecule is CNC(CC1CC2CCC1C2)c1ccc(OC)cc1F. The third-order valence-electron chi connectivity index (χ3n) is 5.35. The fourth-order valence-electron chi connectivity index (χ4n) is 4.29. The van der Waals surface area contributed by atoms with Gasteiger partial charge in [-0.05, 0) is 56.6 Å². The highest BCUT2D eigenvalue weighted by Crippen LogP contribution is 2.51. The smallest absolute Gasteiger partial charge is 0.131 e. The van der Waals surface area contributed by atoms with Crippen LogP contribution in [0.25, 0.3) is 0 Å². The van der Waals surface area contributed by atoms with Crippen molar-refractivity contribution in [2.45, 2.75) is 38.1 Å². The van der Waals surface area contributed by atoms with Crippen molar-refractivity contribution >= 4 is 0 Å². The van der Waals surface area contributed by atoms with E-state index in [4.69, 9.17) is 4.74 Å². The highest BCUT2D eigenvalue weighted by molar-refractivity contribution is 5.31. The topological polar surface area (TPSA) is 21.3 Å². The fourth-order valence-corrected chi connectivity index (χ4v) is 4.29. The first-order valence-electron chi connectivity index (χ1n) is 7.72. The molecule has 0 aliphatic heterocycles. The molecular weight excluding hydrogens is 253 g/mol. The van der Waals surface area contributed by atoms with Crippen LogP contribution in [0.3, 0.4) is 0 Å². The summed E-state index contributed by atoms with van der Waals surface area (Å²) < 4.78 is 19.3. The summed E-state index contributed by atoms with van der Waals surface area (Å²) in [6, 6.07) is 5.32. The molecule has 0 radical (unpaired) electrons. The van der Waals surface area contributed by atoms with E-state index in [1.54, 1.807) is 7.11 Å². The highest BCUT2D eigenvalue weighted by Gasteiger charge is 2.40. The second kappa shape index (κ2) is 5.72. The number of hydrogen-bond donors (Lipinski definition) is 1. The zero-order valence-corrected chi connectivity index (χ0v) is 12.4. The Morgan fingerprint density at radius 3 is 2.75 bits per heavy atom. The summed E-state index contributed by atoms with van der Waals surface area (Å²) in [5.41, 5.74) is 0.774. The van der Waals surface area contributed by atoms with E-state index in [0.29, 0.717) is 5.75 Å². The summed E-state index contributed by atoms with van der Waals surface area (Å²) >= 11 is 0. The maximum absolute atomic E-state index is 14.2. The minimum Gasteiger partial charge on any atom is -0.497 e. The molecule has 110 valence electrons. The molecule has 1 aromatic carbocycles. The quantitative estimate of drug-likeness (QED) is 0.880. The predicted octanol–water partition coefficient (Wildman–Crippen LogP) is 3.92. The van der Waals surface area contributed by atoms with E-state index >= 15 is 0 Å². The Bertz CT molecular complexity index is 476.